The molecule has 4 heteroatoms. The molecule has 0 aliphatic carbocycles. The van der Waals surface area contributed by atoms with Gasteiger partial charge in [0.15, 0.2) is 0 Å². The van der Waals surface area contributed by atoms with E-state index in [2.05, 4.69) is 0 Å². The molecule has 80 valence electrons. The van der Waals surface area contributed by atoms with Gasteiger partial charge in [0.2, 0.25) is 0 Å². The van der Waals surface area contributed by atoms with Gasteiger partial charge in [0.25, 0.3) is 0 Å². The third-order valence-corrected chi connectivity index (χ3v) is 2.86. The lowest BCUT2D eigenvalue weighted by Crippen LogP contribution is -2.11. The quantitative estimate of drug-likeness (QED) is 0.622. The summed E-state index contributed by atoms with van der Waals surface area (Å²) in [5.41, 5.74) is -4.06. The molecule has 0 aromatic rings. The van der Waals surface area contributed by atoms with Crippen LogP contribution >= 0.6 is 11.8 Å². The van der Waals surface area contributed by atoms with Crippen molar-refractivity contribution in [2.45, 2.75) is 56.7 Å². The van der Waals surface area contributed by atoms with Crippen molar-refractivity contribution in [3.05, 3.63) is 0 Å². The predicted molar refractivity (Wildman–Crippen MR) is 51.9 cm³/mol. The molecule has 0 spiro atoms. The molecule has 0 fully saturated rings. The Morgan fingerprint density at radius 2 is 1.69 bits per heavy atom. The van der Waals surface area contributed by atoms with Gasteiger partial charge in [0.1, 0.15) is 0 Å². The smallest absolute Gasteiger partial charge is 0.160 e. The fourth-order valence-corrected chi connectivity index (χ4v) is 2.22. The summed E-state index contributed by atoms with van der Waals surface area (Å²) in [6, 6.07) is 0. The number of hydrogen-bond donors (Lipinski definition) is 0. The van der Waals surface area contributed by atoms with Crippen LogP contribution in [0.15, 0.2) is 0 Å². The maximum absolute atomic E-state index is 12.0. The highest BCUT2D eigenvalue weighted by Gasteiger charge is 2.32. The molecule has 0 rings (SSSR count). The van der Waals surface area contributed by atoms with E-state index in [4.69, 9.17) is 0 Å². The fraction of sp³-hybridized carbons (Fsp3) is 1.00. The number of halogens is 3. The van der Waals surface area contributed by atoms with Crippen molar-refractivity contribution >= 4 is 11.8 Å². The molecule has 0 aromatic carbocycles. The Kier molecular flexibility index (Phi) is 6.64. The Morgan fingerprint density at radius 1 is 1.08 bits per heavy atom. The SMILES string of the molecule is CCCCC(CCC)SC(F)(F)F. The number of alkyl halides is 3. The van der Waals surface area contributed by atoms with Crippen LogP contribution in [0.5, 0.6) is 0 Å². The monoisotopic (exact) mass is 214 g/mol. The molecule has 0 aliphatic heterocycles. The van der Waals surface area contributed by atoms with E-state index in [-0.39, 0.29) is 17.0 Å². The standard InChI is InChI=1S/C9H17F3S/c1-3-5-7-8(6-4-2)13-9(10,11)12/h8H,3-7H2,1-2H3. The molecule has 1 unspecified atom stereocenters. The average Bonchev–Trinajstić information content (AvgIpc) is 1.98. The second-order valence-corrected chi connectivity index (χ2v) is 4.48. The second-order valence-electron chi connectivity index (χ2n) is 3.12. The van der Waals surface area contributed by atoms with Gasteiger partial charge in [-0.2, -0.15) is 13.2 Å². The Balaban J connectivity index is 3.79. The van der Waals surface area contributed by atoms with Crippen LogP contribution in [0.1, 0.15) is 46.0 Å². The van der Waals surface area contributed by atoms with Gasteiger partial charge < -0.3 is 0 Å². The van der Waals surface area contributed by atoms with Crippen LogP contribution in [-0.4, -0.2) is 10.8 Å². The predicted octanol–water partition coefficient (Wildman–Crippen LogP) is 4.60. The van der Waals surface area contributed by atoms with Crippen molar-refractivity contribution in [1.82, 2.24) is 0 Å². The first-order valence-electron chi connectivity index (χ1n) is 4.74. The summed E-state index contributed by atoms with van der Waals surface area (Å²) in [5.74, 6) is 0. The average molecular weight is 214 g/mol. The van der Waals surface area contributed by atoms with E-state index in [1.807, 2.05) is 13.8 Å². The fourth-order valence-electron chi connectivity index (χ4n) is 1.20. The summed E-state index contributed by atoms with van der Waals surface area (Å²) in [6.07, 6.45) is 4.06. The van der Waals surface area contributed by atoms with Gasteiger partial charge in [-0.3, -0.25) is 0 Å². The second kappa shape index (κ2) is 6.57. The van der Waals surface area contributed by atoms with Crippen LogP contribution in [0.4, 0.5) is 13.2 Å². The molecule has 1 atom stereocenters. The van der Waals surface area contributed by atoms with Gasteiger partial charge in [0, 0.05) is 5.25 Å². The van der Waals surface area contributed by atoms with E-state index in [0.29, 0.717) is 12.8 Å². The van der Waals surface area contributed by atoms with Crippen molar-refractivity contribution < 1.29 is 13.2 Å². The Morgan fingerprint density at radius 3 is 2.08 bits per heavy atom. The molecule has 0 N–H and O–H groups in total. The maximum Gasteiger partial charge on any atom is 0.442 e. The van der Waals surface area contributed by atoms with E-state index in [0.717, 1.165) is 19.3 Å². The van der Waals surface area contributed by atoms with Crippen LogP contribution in [-0.2, 0) is 0 Å². The normalized spacial score (nSPS) is 14.5. The number of hydrogen-bond acceptors (Lipinski definition) is 1. The molecule has 0 radical (unpaired) electrons. The molecule has 0 bridgehead atoms. The van der Waals surface area contributed by atoms with E-state index in [1.165, 1.54) is 0 Å². The van der Waals surface area contributed by atoms with Gasteiger partial charge in [0.05, 0.1) is 0 Å². The van der Waals surface area contributed by atoms with Crippen LogP contribution < -0.4 is 0 Å². The van der Waals surface area contributed by atoms with Crippen molar-refractivity contribution in [3.63, 3.8) is 0 Å². The van der Waals surface area contributed by atoms with Crippen LogP contribution in [0, 0.1) is 0 Å². The first-order valence-corrected chi connectivity index (χ1v) is 5.62. The Labute approximate surface area is 82.3 Å². The van der Waals surface area contributed by atoms with Gasteiger partial charge in [-0.25, -0.2) is 0 Å². The number of thioether (sulfide) groups is 1. The minimum absolute atomic E-state index is 0.166. The number of unbranched alkanes of at least 4 members (excludes halogenated alkanes) is 1. The summed E-state index contributed by atoms with van der Waals surface area (Å²) < 4.78 is 36.1. The van der Waals surface area contributed by atoms with E-state index in [9.17, 15) is 13.2 Å². The van der Waals surface area contributed by atoms with Crippen molar-refractivity contribution in [3.8, 4) is 0 Å². The number of rotatable bonds is 6. The molecular weight excluding hydrogens is 197 g/mol. The van der Waals surface area contributed by atoms with Gasteiger partial charge in [-0.1, -0.05) is 33.1 Å². The minimum atomic E-state index is -4.06. The highest BCUT2D eigenvalue weighted by Crippen LogP contribution is 2.37. The molecule has 0 aliphatic rings. The van der Waals surface area contributed by atoms with E-state index < -0.39 is 5.51 Å². The van der Waals surface area contributed by atoms with Crippen LogP contribution in [0.2, 0.25) is 0 Å². The summed E-state index contributed by atoms with van der Waals surface area (Å²) >= 11 is 0.166. The summed E-state index contributed by atoms with van der Waals surface area (Å²) in [7, 11) is 0. The first-order chi connectivity index (χ1) is 5.99. The minimum Gasteiger partial charge on any atom is -0.160 e. The van der Waals surface area contributed by atoms with Crippen LogP contribution in [0.3, 0.4) is 0 Å². The van der Waals surface area contributed by atoms with Crippen molar-refractivity contribution in [1.29, 1.82) is 0 Å². The topological polar surface area (TPSA) is 0 Å². The third kappa shape index (κ3) is 8.47. The lowest BCUT2D eigenvalue weighted by atomic mass is 10.1. The molecule has 0 amide bonds. The lowest BCUT2D eigenvalue weighted by Gasteiger charge is -2.16. The maximum atomic E-state index is 12.0. The zero-order valence-electron chi connectivity index (χ0n) is 8.16. The molecule has 0 heterocycles. The van der Waals surface area contributed by atoms with E-state index in [1.54, 1.807) is 0 Å². The van der Waals surface area contributed by atoms with E-state index >= 15 is 0 Å². The zero-order chi connectivity index (χ0) is 10.3. The molecule has 0 saturated carbocycles. The summed E-state index contributed by atoms with van der Waals surface area (Å²) in [6.45, 7) is 3.93. The van der Waals surface area contributed by atoms with Crippen LogP contribution in [0.25, 0.3) is 0 Å². The largest absolute Gasteiger partial charge is 0.442 e. The molecule has 13 heavy (non-hydrogen) atoms. The lowest BCUT2D eigenvalue weighted by molar-refractivity contribution is -0.0335. The highest BCUT2D eigenvalue weighted by molar-refractivity contribution is 8.00. The van der Waals surface area contributed by atoms with Crippen molar-refractivity contribution in [2.75, 3.05) is 0 Å². The molecule has 0 saturated heterocycles. The highest BCUT2D eigenvalue weighted by atomic mass is 32.2. The zero-order valence-corrected chi connectivity index (χ0v) is 8.97. The molecule has 0 nitrogen and oxygen atoms in total. The van der Waals surface area contributed by atoms with Gasteiger partial charge in [-0.05, 0) is 24.6 Å². The molecular formula is C9H17F3S. The van der Waals surface area contributed by atoms with Gasteiger partial charge in [-0.15, -0.1) is 0 Å². The Hall–Kier alpha value is 0.140. The third-order valence-electron chi connectivity index (χ3n) is 1.79. The Bertz CT molecular complexity index is 123. The summed E-state index contributed by atoms with van der Waals surface area (Å²) in [4.78, 5) is 0. The van der Waals surface area contributed by atoms with Crippen molar-refractivity contribution in [2.24, 2.45) is 0 Å². The first kappa shape index (κ1) is 13.1. The van der Waals surface area contributed by atoms with Gasteiger partial charge >= 0.3 is 5.51 Å². The molecule has 0 aromatic heterocycles. The summed E-state index contributed by atoms with van der Waals surface area (Å²) in [5, 5.41) is -0.232.